The molecule has 5 N–H and O–H groups in total. The average Bonchev–Trinajstić information content (AvgIpc) is 3.86. The number of carboxylic acids is 1. The summed E-state index contributed by atoms with van der Waals surface area (Å²) in [6.45, 7) is 12.5. The second-order valence-electron chi connectivity index (χ2n) is 18.8. The molecule has 0 radical (unpaired) electrons. The van der Waals surface area contributed by atoms with Crippen LogP contribution in [0, 0.1) is 27.9 Å². The number of hydrogen-bond acceptors (Lipinski definition) is 18. The van der Waals surface area contributed by atoms with E-state index >= 15 is 0 Å². The van der Waals surface area contributed by atoms with Crippen molar-refractivity contribution < 1.29 is 58.2 Å². The van der Waals surface area contributed by atoms with E-state index in [4.69, 9.17) is 9.47 Å². The Balaban J connectivity index is 1.58. The maximum Gasteiger partial charge on any atom is 0.327 e. The number of likely N-dealkylation sites (tertiary alicyclic amines) is 1. The molecule has 0 saturated carbocycles. The van der Waals surface area contributed by atoms with Crippen LogP contribution < -0.4 is 16.0 Å². The first-order valence-electron chi connectivity index (χ1n) is 24.7. The summed E-state index contributed by atoms with van der Waals surface area (Å²) in [5.74, 6) is -6.13. The molecule has 0 aliphatic carbocycles. The van der Waals surface area contributed by atoms with Crippen LogP contribution in [0.5, 0.6) is 5.75 Å². The smallest absolute Gasteiger partial charge is 0.327 e. The molecule has 1 aliphatic rings. The third kappa shape index (κ3) is 18.5. The second kappa shape index (κ2) is 29.9. The molecule has 8 atom stereocenters. The number of esters is 2. The molecule has 1 unspecified atom stereocenters. The first kappa shape index (κ1) is 60.7. The molecule has 406 valence electrons. The Hall–Kier alpha value is -5.85. The zero-order valence-corrected chi connectivity index (χ0v) is 45.6. The van der Waals surface area contributed by atoms with E-state index in [0.29, 0.717) is 24.8 Å². The average molecular weight is 1090 g/mol. The highest BCUT2D eigenvalue weighted by Crippen LogP contribution is 2.36. The number of phenols is 1. The molecule has 0 spiro atoms. The van der Waals surface area contributed by atoms with E-state index in [9.17, 15) is 53.9 Å². The number of nitro groups is 1. The Bertz CT molecular complexity index is 2390. The minimum absolute atomic E-state index is 0.0160. The number of likely N-dealkylation sites (N-methyl/N-ethyl adjacent to an activating group) is 1. The Labute approximate surface area is 443 Å². The number of nitrogens with zero attached hydrogens (tertiary/aromatic N) is 5. The second-order valence-corrected chi connectivity index (χ2v) is 22.0. The number of nitrogens with one attached hydrogen (secondary N) is 3. The predicted octanol–water partition coefficient (Wildman–Crippen LogP) is 6.69. The number of hydrogen-bond donors (Lipinski definition) is 5. The fourth-order valence-electron chi connectivity index (χ4n) is 8.31. The summed E-state index contributed by atoms with van der Waals surface area (Å²) in [6, 6.07) is 4.70. The predicted molar refractivity (Wildman–Crippen MR) is 280 cm³/mol. The lowest BCUT2D eigenvalue weighted by Gasteiger charge is -2.39. The van der Waals surface area contributed by atoms with Crippen LogP contribution in [-0.2, 0) is 44.7 Å². The van der Waals surface area contributed by atoms with Gasteiger partial charge in [-0.1, -0.05) is 77.3 Å². The normalized spacial score (nSPS) is 16.6. The number of rotatable bonds is 29. The monoisotopic (exact) mass is 1090 g/mol. The molecule has 3 heterocycles. The molecular weight excluding hydrogens is 1020 g/mol. The van der Waals surface area contributed by atoms with Crippen molar-refractivity contribution in [1.82, 2.24) is 35.7 Å². The van der Waals surface area contributed by atoms with Crippen molar-refractivity contribution in [1.29, 1.82) is 0 Å². The zero-order valence-electron chi connectivity index (χ0n) is 43.1. The minimum Gasteiger partial charge on any atom is -0.508 e. The fourth-order valence-corrected chi connectivity index (χ4v) is 11.4. The van der Waals surface area contributed by atoms with Crippen LogP contribution in [0.4, 0.5) is 5.69 Å². The molecule has 4 rings (SSSR count). The Kier molecular flexibility index (Phi) is 24.5. The van der Waals surface area contributed by atoms with Gasteiger partial charge in [-0.2, -0.15) is 0 Å². The van der Waals surface area contributed by atoms with Crippen molar-refractivity contribution in [3.63, 3.8) is 0 Å². The quantitative estimate of drug-likeness (QED) is 0.0159. The van der Waals surface area contributed by atoms with Crippen molar-refractivity contribution in [2.24, 2.45) is 17.8 Å². The number of piperidine rings is 1. The summed E-state index contributed by atoms with van der Waals surface area (Å²) in [7, 11) is 3.76. The Morgan fingerprint density at radius 3 is 2.35 bits per heavy atom. The summed E-state index contributed by atoms with van der Waals surface area (Å²) in [5, 5.41) is 41.7. The van der Waals surface area contributed by atoms with Gasteiger partial charge < -0.3 is 40.5 Å². The third-order valence-electron chi connectivity index (χ3n) is 12.7. The molecule has 74 heavy (non-hydrogen) atoms. The van der Waals surface area contributed by atoms with Crippen LogP contribution in [0.25, 0.3) is 0 Å². The van der Waals surface area contributed by atoms with Crippen molar-refractivity contribution in [3.8, 4) is 5.75 Å². The first-order chi connectivity index (χ1) is 35.1. The van der Waals surface area contributed by atoms with Crippen molar-refractivity contribution in [3.05, 3.63) is 74.4 Å². The van der Waals surface area contributed by atoms with Gasteiger partial charge in [-0.3, -0.25) is 43.8 Å². The van der Waals surface area contributed by atoms with Gasteiger partial charge in [0.1, 0.15) is 28.5 Å². The van der Waals surface area contributed by atoms with Gasteiger partial charge in [0.25, 0.3) is 5.91 Å². The van der Waals surface area contributed by atoms with Gasteiger partial charge in [-0.05, 0) is 92.1 Å². The molecule has 1 aromatic carbocycles. The summed E-state index contributed by atoms with van der Waals surface area (Å²) >= 11 is 1.05. The van der Waals surface area contributed by atoms with Crippen LogP contribution in [0.2, 0.25) is 0 Å². The lowest BCUT2D eigenvalue weighted by molar-refractivity contribution is -0.388. The molecule has 1 aliphatic heterocycles. The van der Waals surface area contributed by atoms with E-state index in [1.54, 1.807) is 19.1 Å². The molecule has 4 amide bonds. The lowest BCUT2D eigenvalue weighted by Crippen LogP contribution is -2.59. The van der Waals surface area contributed by atoms with E-state index in [1.807, 2.05) is 46.6 Å². The maximum atomic E-state index is 14.9. The van der Waals surface area contributed by atoms with E-state index in [2.05, 4.69) is 25.9 Å². The van der Waals surface area contributed by atoms with E-state index < -0.39 is 89.5 Å². The molecule has 1 saturated heterocycles. The fraction of sp³-hybridized carbons (Fsp3) is 0.580. The van der Waals surface area contributed by atoms with E-state index in [1.165, 1.54) is 47.7 Å². The number of aromatic hydroxyl groups is 1. The van der Waals surface area contributed by atoms with Gasteiger partial charge in [0, 0.05) is 61.2 Å². The standard InChI is InChI=1S/C50H70N8O13S3/c1-9-14-42(61)70-28-57(49(65)43(30(5)10-2)55-46(64)38-15-11-12-22-56(38)8)40(29(3)4)25-41(71-32(7)59)48-54-36(26-72-48)45(63)52-34(24-33-17-19-35(60)20-18-33)23-31(6)44(62)53-37(50(66)67)27-73-74-47-39(58(68)69)16-13-21-51-47/h13,16-21,26,29-31,34,37-38,40-41,43,60H,9-12,14-15,22-25,27-28H2,1-8H3,(H,52,63)(H,53,62)(H,55,64)(H,66,67)/t30?,31-,34+,37-,38+,40+,41+,43-/m0/s1. The van der Waals surface area contributed by atoms with E-state index in [-0.39, 0.29) is 76.3 Å². The number of phenolic OH excluding ortho intramolecular Hbond substituents is 1. The van der Waals surface area contributed by atoms with Gasteiger partial charge in [0.15, 0.2) is 17.9 Å². The number of benzene rings is 1. The maximum absolute atomic E-state index is 14.9. The highest BCUT2D eigenvalue weighted by molar-refractivity contribution is 8.76. The number of thiazole rings is 1. The summed E-state index contributed by atoms with van der Waals surface area (Å²) in [5.41, 5.74) is 0.411. The number of ether oxygens (including phenoxy) is 2. The van der Waals surface area contributed by atoms with Crippen LogP contribution in [-0.4, -0.2) is 133 Å². The molecule has 2 aromatic heterocycles. The number of aromatic nitrogens is 2. The molecule has 21 nitrogen and oxygen atoms in total. The van der Waals surface area contributed by atoms with Crippen molar-refractivity contribution >= 4 is 80.1 Å². The lowest BCUT2D eigenvalue weighted by atomic mass is 9.92. The SMILES string of the molecule is CCCC(=O)OCN(C(=O)[C@@H](NC(=O)[C@H]1CCCCN1C)C(C)CC)[C@H](C[C@@H](OC(C)=O)c1nc(C(=O)N[C@@H](Cc2ccc(O)cc2)C[C@H](C)C(=O)N[C@@H](CSSc2ncccc2[N+](=O)[O-])C(=O)O)cs1)C(C)C. The van der Waals surface area contributed by atoms with Crippen molar-refractivity contribution in [2.75, 3.05) is 26.1 Å². The zero-order chi connectivity index (χ0) is 54.6. The molecule has 1 fully saturated rings. The minimum atomic E-state index is -1.37. The van der Waals surface area contributed by atoms with Crippen LogP contribution in [0.15, 0.2) is 53.0 Å². The Morgan fingerprint density at radius 1 is 1.01 bits per heavy atom. The van der Waals surface area contributed by atoms with Gasteiger partial charge >= 0.3 is 23.6 Å². The number of pyridine rings is 1. The molecule has 0 bridgehead atoms. The highest BCUT2D eigenvalue weighted by Gasteiger charge is 2.40. The van der Waals surface area contributed by atoms with E-state index in [0.717, 1.165) is 52.3 Å². The van der Waals surface area contributed by atoms with Gasteiger partial charge in [-0.15, -0.1) is 11.3 Å². The number of carbonyl (C=O) groups is 7. The van der Waals surface area contributed by atoms with Crippen LogP contribution in [0.3, 0.4) is 0 Å². The molecule has 3 aromatic rings. The van der Waals surface area contributed by atoms with Crippen LogP contribution >= 0.6 is 32.9 Å². The van der Waals surface area contributed by atoms with Gasteiger partial charge in [-0.25, -0.2) is 14.8 Å². The third-order valence-corrected chi connectivity index (χ3v) is 15.9. The number of carbonyl (C=O) groups excluding carboxylic acids is 6. The van der Waals surface area contributed by atoms with Crippen LogP contribution in [0.1, 0.15) is 127 Å². The largest absolute Gasteiger partial charge is 0.508 e. The summed E-state index contributed by atoms with van der Waals surface area (Å²) < 4.78 is 11.6. The van der Waals surface area contributed by atoms with Gasteiger partial charge in [0.05, 0.1) is 11.0 Å². The highest BCUT2D eigenvalue weighted by atomic mass is 33.1. The summed E-state index contributed by atoms with van der Waals surface area (Å²) in [4.78, 5) is 117. The first-order valence-corrected chi connectivity index (χ1v) is 27.9. The summed E-state index contributed by atoms with van der Waals surface area (Å²) in [6.07, 6.45) is 4.13. The molecular formula is C50H70N8O13S3. The number of carboxylic acid groups (broad SMARTS) is 1. The Morgan fingerprint density at radius 2 is 1.73 bits per heavy atom. The molecule has 24 heteroatoms. The number of amides is 4. The number of aliphatic carboxylic acids is 1. The topological polar surface area (TPSA) is 290 Å². The van der Waals surface area contributed by atoms with Crippen molar-refractivity contribution in [2.45, 2.75) is 148 Å². The van der Waals surface area contributed by atoms with Gasteiger partial charge in [0.2, 0.25) is 17.7 Å².